The van der Waals surface area contributed by atoms with Gasteiger partial charge >= 0.3 is 6.18 Å². The fourth-order valence-corrected chi connectivity index (χ4v) is 4.19. The second-order valence-corrected chi connectivity index (χ2v) is 14.7. The van der Waals surface area contributed by atoms with Crippen LogP contribution in [0.2, 0.25) is 25.7 Å². The third-order valence-corrected chi connectivity index (χ3v) is 7.00. The van der Waals surface area contributed by atoms with Crippen LogP contribution in [0.1, 0.15) is 5.56 Å². The Labute approximate surface area is 196 Å². The molecule has 180 valence electrons. The lowest BCUT2D eigenvalue weighted by atomic mass is 10.2. The molecule has 0 fully saturated rings. The number of hydrogen-bond acceptors (Lipinski definition) is 5. The minimum atomic E-state index is -4.52. The highest BCUT2D eigenvalue weighted by molar-refractivity contribution is 6.76. The molecule has 0 atom stereocenters. The van der Waals surface area contributed by atoms with E-state index in [1.165, 1.54) is 7.11 Å². The Kier molecular flexibility index (Phi) is 6.50. The van der Waals surface area contributed by atoms with Crippen LogP contribution in [0.4, 0.5) is 13.2 Å². The number of alkyl halides is 3. The van der Waals surface area contributed by atoms with Crippen LogP contribution in [0.15, 0.2) is 48.9 Å². The zero-order valence-corrected chi connectivity index (χ0v) is 20.4. The SMILES string of the molecule is COc1ccc(-n2c(-c3cccn3COCC[Si](C)(C)C)nc3cc(C(F)(F)F)cnc32)cn1. The summed E-state index contributed by atoms with van der Waals surface area (Å²) in [5.41, 5.74) is 0.859. The van der Waals surface area contributed by atoms with E-state index in [0.717, 1.165) is 18.3 Å². The lowest BCUT2D eigenvalue weighted by Crippen LogP contribution is -2.22. The Hall–Kier alpha value is -3.18. The van der Waals surface area contributed by atoms with Crippen LogP contribution in [0.3, 0.4) is 0 Å². The lowest BCUT2D eigenvalue weighted by Gasteiger charge is -2.16. The summed E-state index contributed by atoms with van der Waals surface area (Å²) in [5.74, 6) is 0.855. The van der Waals surface area contributed by atoms with Gasteiger partial charge in [-0.15, -0.1) is 0 Å². The van der Waals surface area contributed by atoms with E-state index < -0.39 is 19.8 Å². The number of rotatable bonds is 8. The summed E-state index contributed by atoms with van der Waals surface area (Å²) in [6.45, 7) is 7.79. The topological polar surface area (TPSA) is 67.0 Å². The first-order chi connectivity index (χ1) is 16.1. The number of pyridine rings is 2. The van der Waals surface area contributed by atoms with E-state index >= 15 is 0 Å². The van der Waals surface area contributed by atoms with E-state index in [9.17, 15) is 13.2 Å². The third kappa shape index (κ3) is 5.15. The molecule has 0 saturated carbocycles. The summed E-state index contributed by atoms with van der Waals surface area (Å²) in [7, 11) is 0.280. The largest absolute Gasteiger partial charge is 0.481 e. The minimum Gasteiger partial charge on any atom is -0.481 e. The number of halogens is 3. The van der Waals surface area contributed by atoms with Crippen LogP contribution in [0.5, 0.6) is 5.88 Å². The van der Waals surface area contributed by atoms with Gasteiger partial charge in [-0.3, -0.25) is 4.57 Å². The van der Waals surface area contributed by atoms with E-state index in [0.29, 0.717) is 42.1 Å². The van der Waals surface area contributed by atoms with Crippen molar-refractivity contribution in [2.75, 3.05) is 13.7 Å². The molecule has 0 radical (unpaired) electrons. The molecule has 0 unspecified atom stereocenters. The molecule has 11 heteroatoms. The number of ether oxygens (including phenoxy) is 2. The predicted molar refractivity (Wildman–Crippen MR) is 126 cm³/mol. The maximum atomic E-state index is 13.3. The van der Waals surface area contributed by atoms with Gasteiger partial charge in [0.25, 0.3) is 0 Å². The molecule has 0 N–H and O–H groups in total. The quantitative estimate of drug-likeness (QED) is 0.237. The zero-order chi connectivity index (χ0) is 24.5. The molecule has 0 aliphatic carbocycles. The van der Waals surface area contributed by atoms with Crippen molar-refractivity contribution in [3.63, 3.8) is 0 Å². The number of aromatic nitrogens is 5. The van der Waals surface area contributed by atoms with E-state index in [-0.39, 0.29) is 5.52 Å². The Bertz CT molecular complexity index is 1280. The first-order valence-corrected chi connectivity index (χ1v) is 14.5. The molecule has 4 aromatic heterocycles. The average molecular weight is 490 g/mol. The smallest absolute Gasteiger partial charge is 0.417 e. The highest BCUT2D eigenvalue weighted by atomic mass is 28.3. The second kappa shape index (κ2) is 9.22. The van der Waals surface area contributed by atoms with Gasteiger partial charge in [0.1, 0.15) is 12.2 Å². The normalized spacial score (nSPS) is 12.4. The van der Waals surface area contributed by atoms with Crippen molar-refractivity contribution < 1.29 is 22.6 Å². The molecule has 0 amide bonds. The summed E-state index contributed by atoms with van der Waals surface area (Å²) < 4.78 is 54.5. The first kappa shape index (κ1) is 24.0. The van der Waals surface area contributed by atoms with Crippen molar-refractivity contribution in [1.82, 2.24) is 24.1 Å². The molecule has 0 aromatic carbocycles. The zero-order valence-electron chi connectivity index (χ0n) is 19.4. The van der Waals surface area contributed by atoms with Gasteiger partial charge in [-0.25, -0.2) is 15.0 Å². The van der Waals surface area contributed by atoms with Gasteiger partial charge in [0.05, 0.1) is 30.3 Å². The van der Waals surface area contributed by atoms with Gasteiger partial charge in [0, 0.05) is 33.1 Å². The summed E-state index contributed by atoms with van der Waals surface area (Å²) in [5, 5.41) is 0. The van der Waals surface area contributed by atoms with Gasteiger partial charge in [-0.1, -0.05) is 19.6 Å². The fourth-order valence-electron chi connectivity index (χ4n) is 3.43. The van der Waals surface area contributed by atoms with Gasteiger partial charge in [-0.2, -0.15) is 13.2 Å². The van der Waals surface area contributed by atoms with E-state index in [1.54, 1.807) is 22.9 Å². The van der Waals surface area contributed by atoms with E-state index in [1.807, 2.05) is 22.9 Å². The van der Waals surface area contributed by atoms with Crippen molar-refractivity contribution >= 4 is 19.2 Å². The Morgan fingerprint density at radius 2 is 1.85 bits per heavy atom. The summed E-state index contributed by atoms with van der Waals surface area (Å²) >= 11 is 0. The summed E-state index contributed by atoms with van der Waals surface area (Å²) in [6, 6.07) is 9.17. The van der Waals surface area contributed by atoms with Crippen LogP contribution in [-0.2, 0) is 17.6 Å². The number of fused-ring (bicyclic) bond motifs is 1. The molecular weight excluding hydrogens is 463 g/mol. The molecule has 0 spiro atoms. The van der Waals surface area contributed by atoms with Gasteiger partial charge in [0.2, 0.25) is 5.88 Å². The van der Waals surface area contributed by atoms with Crippen LogP contribution in [-0.4, -0.2) is 45.9 Å². The van der Waals surface area contributed by atoms with E-state index in [4.69, 9.17) is 9.47 Å². The molecule has 7 nitrogen and oxygen atoms in total. The number of nitrogens with zero attached hydrogens (tertiary/aromatic N) is 5. The molecule has 0 saturated heterocycles. The lowest BCUT2D eigenvalue weighted by molar-refractivity contribution is -0.137. The molecule has 0 aliphatic heterocycles. The van der Waals surface area contributed by atoms with Crippen LogP contribution in [0.25, 0.3) is 28.4 Å². The summed E-state index contributed by atoms with van der Waals surface area (Å²) in [6.07, 6.45) is -0.272. The van der Waals surface area contributed by atoms with E-state index in [2.05, 4.69) is 34.6 Å². The van der Waals surface area contributed by atoms with Crippen LogP contribution in [0, 0.1) is 0 Å². The highest BCUT2D eigenvalue weighted by Crippen LogP contribution is 2.33. The van der Waals surface area contributed by atoms with Gasteiger partial charge in [0.15, 0.2) is 11.5 Å². The predicted octanol–water partition coefficient (Wildman–Crippen LogP) is 5.62. The molecular formula is C23H26F3N5O2Si. The van der Waals surface area contributed by atoms with Crippen molar-refractivity contribution in [2.45, 2.75) is 38.6 Å². The maximum absolute atomic E-state index is 13.3. The Morgan fingerprint density at radius 1 is 1.06 bits per heavy atom. The molecule has 4 heterocycles. The second-order valence-electron chi connectivity index (χ2n) is 9.11. The monoisotopic (exact) mass is 489 g/mol. The van der Waals surface area contributed by atoms with Crippen molar-refractivity contribution in [1.29, 1.82) is 0 Å². The number of imidazole rings is 1. The van der Waals surface area contributed by atoms with Crippen LogP contribution >= 0.6 is 0 Å². The van der Waals surface area contributed by atoms with Crippen LogP contribution < -0.4 is 4.74 Å². The van der Waals surface area contributed by atoms with Gasteiger partial charge in [-0.05, 0) is 30.3 Å². The molecule has 4 rings (SSSR count). The average Bonchev–Trinajstić information content (AvgIpc) is 3.39. The molecule has 34 heavy (non-hydrogen) atoms. The minimum absolute atomic E-state index is 0.132. The highest BCUT2D eigenvalue weighted by Gasteiger charge is 2.32. The Morgan fingerprint density at radius 3 is 2.50 bits per heavy atom. The number of methoxy groups -OCH3 is 1. The Balaban J connectivity index is 1.78. The van der Waals surface area contributed by atoms with Crippen molar-refractivity contribution in [2.24, 2.45) is 0 Å². The first-order valence-electron chi connectivity index (χ1n) is 10.8. The molecule has 0 bridgehead atoms. The fraction of sp³-hybridized carbons (Fsp3) is 0.348. The maximum Gasteiger partial charge on any atom is 0.417 e. The summed E-state index contributed by atoms with van der Waals surface area (Å²) in [4.78, 5) is 12.9. The van der Waals surface area contributed by atoms with Crippen molar-refractivity contribution in [3.05, 3.63) is 54.5 Å². The third-order valence-electron chi connectivity index (χ3n) is 5.30. The standard InChI is InChI=1S/C23H26F3N5O2Si/c1-32-20-8-7-17(14-27-20)31-21-18(12-16(13-28-21)23(24,25)26)29-22(31)19-6-5-9-30(19)15-33-10-11-34(2,3)4/h5-9,12-14H,10-11,15H2,1-4H3. The number of hydrogen-bond donors (Lipinski definition) is 0. The molecule has 0 aliphatic rings. The van der Waals surface area contributed by atoms with Gasteiger partial charge < -0.3 is 14.0 Å². The molecule has 4 aromatic rings. The van der Waals surface area contributed by atoms with Crippen molar-refractivity contribution in [3.8, 4) is 23.1 Å².